The van der Waals surface area contributed by atoms with E-state index in [4.69, 9.17) is 0 Å². The van der Waals surface area contributed by atoms with Gasteiger partial charge in [-0.25, -0.2) is 0 Å². The highest BCUT2D eigenvalue weighted by molar-refractivity contribution is 6.07. The summed E-state index contributed by atoms with van der Waals surface area (Å²) in [5, 5.41) is 2.91. The van der Waals surface area contributed by atoms with E-state index in [1.54, 1.807) is 16.7 Å². The molecule has 2 fully saturated rings. The smallest absolute Gasteiger partial charge is 0.238 e. The van der Waals surface area contributed by atoms with E-state index in [9.17, 15) is 14.4 Å². The first kappa shape index (κ1) is 16.8. The topological polar surface area (TPSA) is 69.7 Å². The minimum atomic E-state index is -0.824. The number of carbonyl (C=O) groups is 3. The zero-order valence-corrected chi connectivity index (χ0v) is 13.9. The van der Waals surface area contributed by atoms with E-state index in [1.165, 1.54) is 0 Å². The molecule has 0 aromatic heterocycles. The lowest BCUT2D eigenvalue weighted by Crippen LogP contribution is -2.54. The summed E-state index contributed by atoms with van der Waals surface area (Å²) in [7, 11) is 0. The minimum Gasteiger partial charge on any atom is -0.355 e. The number of nitrogens with one attached hydrogen (secondary N) is 1. The molecular formula is C16H27N3O3. The van der Waals surface area contributed by atoms with Crippen LogP contribution in [0.3, 0.4) is 0 Å². The van der Waals surface area contributed by atoms with Crippen molar-refractivity contribution in [2.45, 2.75) is 40.0 Å². The van der Waals surface area contributed by atoms with Gasteiger partial charge in [-0.05, 0) is 25.2 Å². The van der Waals surface area contributed by atoms with Crippen LogP contribution in [0.25, 0.3) is 0 Å². The summed E-state index contributed by atoms with van der Waals surface area (Å²) in [6.07, 6.45) is 2.21. The molecular weight excluding hydrogens is 282 g/mol. The van der Waals surface area contributed by atoms with Gasteiger partial charge in [-0.1, -0.05) is 13.8 Å². The Morgan fingerprint density at radius 3 is 2.05 bits per heavy atom. The van der Waals surface area contributed by atoms with Crippen molar-refractivity contribution in [3.05, 3.63) is 0 Å². The summed E-state index contributed by atoms with van der Waals surface area (Å²) in [5.41, 5.74) is -0.824. The fourth-order valence-corrected chi connectivity index (χ4v) is 2.83. The molecule has 6 nitrogen and oxygen atoms in total. The third kappa shape index (κ3) is 3.59. The van der Waals surface area contributed by atoms with Crippen LogP contribution in [-0.2, 0) is 14.4 Å². The lowest BCUT2D eigenvalue weighted by molar-refractivity contribution is -0.147. The first-order valence-corrected chi connectivity index (χ1v) is 8.20. The molecule has 0 atom stereocenters. The van der Waals surface area contributed by atoms with Crippen LogP contribution < -0.4 is 5.32 Å². The highest BCUT2D eigenvalue weighted by Gasteiger charge is 2.58. The van der Waals surface area contributed by atoms with Crippen molar-refractivity contribution in [3.63, 3.8) is 0 Å². The van der Waals surface area contributed by atoms with Crippen LogP contribution in [0, 0.1) is 11.3 Å². The quantitative estimate of drug-likeness (QED) is 0.757. The average molecular weight is 309 g/mol. The first-order valence-electron chi connectivity index (χ1n) is 8.20. The highest BCUT2D eigenvalue weighted by atomic mass is 16.2. The molecule has 1 aliphatic carbocycles. The van der Waals surface area contributed by atoms with Crippen molar-refractivity contribution in [2.75, 3.05) is 32.7 Å². The molecule has 0 spiro atoms. The van der Waals surface area contributed by atoms with E-state index in [-0.39, 0.29) is 17.7 Å². The molecule has 1 aliphatic heterocycles. The lowest BCUT2D eigenvalue weighted by Gasteiger charge is -2.35. The molecule has 6 heteroatoms. The van der Waals surface area contributed by atoms with Gasteiger partial charge >= 0.3 is 0 Å². The number of piperazine rings is 1. The predicted octanol–water partition coefficient (Wildman–Crippen LogP) is 0.620. The normalized spacial score (nSPS) is 20.0. The third-order valence-corrected chi connectivity index (χ3v) is 4.61. The summed E-state index contributed by atoms with van der Waals surface area (Å²) in [4.78, 5) is 39.8. The number of rotatable bonds is 5. The van der Waals surface area contributed by atoms with E-state index in [1.807, 2.05) is 0 Å². The second-order valence-corrected chi connectivity index (χ2v) is 6.82. The SMILES string of the molecule is CC(=O)N1CCN(C(=O)C2(C(=O)NCCC(C)C)CC2)CC1. The molecule has 0 bridgehead atoms. The van der Waals surface area contributed by atoms with Crippen LogP contribution in [0.4, 0.5) is 0 Å². The van der Waals surface area contributed by atoms with Crippen molar-refractivity contribution in [1.82, 2.24) is 15.1 Å². The Labute approximate surface area is 132 Å². The fraction of sp³-hybridized carbons (Fsp3) is 0.812. The lowest BCUT2D eigenvalue weighted by atomic mass is 10.0. The monoisotopic (exact) mass is 309 g/mol. The van der Waals surface area contributed by atoms with Crippen LogP contribution in [-0.4, -0.2) is 60.2 Å². The number of amides is 3. The molecule has 124 valence electrons. The van der Waals surface area contributed by atoms with Gasteiger partial charge < -0.3 is 15.1 Å². The molecule has 0 radical (unpaired) electrons. The van der Waals surface area contributed by atoms with Gasteiger partial charge in [-0.3, -0.25) is 14.4 Å². The molecule has 2 aliphatic rings. The van der Waals surface area contributed by atoms with Gasteiger partial charge in [0.15, 0.2) is 0 Å². The Morgan fingerprint density at radius 1 is 1.05 bits per heavy atom. The number of carbonyl (C=O) groups excluding carboxylic acids is 3. The second-order valence-electron chi connectivity index (χ2n) is 6.82. The van der Waals surface area contributed by atoms with Crippen molar-refractivity contribution < 1.29 is 14.4 Å². The molecule has 1 heterocycles. The van der Waals surface area contributed by atoms with Gasteiger partial charge in [0, 0.05) is 39.6 Å². The van der Waals surface area contributed by atoms with Crippen molar-refractivity contribution in [1.29, 1.82) is 0 Å². The highest BCUT2D eigenvalue weighted by Crippen LogP contribution is 2.47. The van der Waals surface area contributed by atoms with Gasteiger partial charge in [-0.2, -0.15) is 0 Å². The van der Waals surface area contributed by atoms with Gasteiger partial charge in [0.05, 0.1) is 0 Å². The van der Waals surface area contributed by atoms with Gasteiger partial charge in [0.2, 0.25) is 17.7 Å². The number of nitrogens with zero attached hydrogens (tertiary/aromatic N) is 2. The Morgan fingerprint density at radius 2 is 1.59 bits per heavy atom. The summed E-state index contributed by atoms with van der Waals surface area (Å²) < 4.78 is 0. The first-order chi connectivity index (χ1) is 10.4. The second kappa shape index (κ2) is 6.67. The molecule has 0 unspecified atom stereocenters. The predicted molar refractivity (Wildman–Crippen MR) is 83.0 cm³/mol. The number of hydrogen-bond acceptors (Lipinski definition) is 3. The molecule has 22 heavy (non-hydrogen) atoms. The maximum atomic E-state index is 12.7. The standard InChI is InChI=1S/C16H27N3O3/c1-12(2)4-7-17-14(21)16(5-6-16)15(22)19-10-8-18(9-11-19)13(3)20/h12H,4-11H2,1-3H3,(H,17,21). The van der Waals surface area contributed by atoms with Crippen LogP contribution in [0.15, 0.2) is 0 Å². The van der Waals surface area contributed by atoms with Crippen molar-refractivity contribution >= 4 is 17.7 Å². The third-order valence-electron chi connectivity index (χ3n) is 4.61. The van der Waals surface area contributed by atoms with Gasteiger partial charge in [0.1, 0.15) is 5.41 Å². The van der Waals surface area contributed by atoms with Crippen molar-refractivity contribution in [2.24, 2.45) is 11.3 Å². The van der Waals surface area contributed by atoms with E-state index in [2.05, 4.69) is 19.2 Å². The fourth-order valence-electron chi connectivity index (χ4n) is 2.83. The molecule has 0 aromatic carbocycles. The van der Waals surface area contributed by atoms with E-state index in [0.717, 1.165) is 6.42 Å². The van der Waals surface area contributed by atoms with Gasteiger partial charge in [0.25, 0.3) is 0 Å². The van der Waals surface area contributed by atoms with E-state index < -0.39 is 5.41 Å². The maximum Gasteiger partial charge on any atom is 0.238 e. The molecule has 0 aromatic rings. The summed E-state index contributed by atoms with van der Waals surface area (Å²) in [5.74, 6) is 0.398. The van der Waals surface area contributed by atoms with Gasteiger partial charge in [-0.15, -0.1) is 0 Å². The largest absolute Gasteiger partial charge is 0.355 e. The zero-order chi connectivity index (χ0) is 16.3. The minimum absolute atomic E-state index is 0.0414. The van der Waals surface area contributed by atoms with Crippen LogP contribution in [0.2, 0.25) is 0 Å². The summed E-state index contributed by atoms with van der Waals surface area (Å²) in [6.45, 7) is 8.57. The molecule has 1 N–H and O–H groups in total. The maximum absolute atomic E-state index is 12.7. The average Bonchev–Trinajstić information content (AvgIpc) is 3.27. The van der Waals surface area contributed by atoms with Crippen LogP contribution in [0.5, 0.6) is 0 Å². The van der Waals surface area contributed by atoms with Crippen LogP contribution >= 0.6 is 0 Å². The molecule has 2 rings (SSSR count). The Kier molecular flexibility index (Phi) is 5.08. The Bertz CT molecular complexity index is 450. The molecule has 1 saturated carbocycles. The van der Waals surface area contributed by atoms with Crippen molar-refractivity contribution in [3.8, 4) is 0 Å². The van der Waals surface area contributed by atoms with E-state index >= 15 is 0 Å². The summed E-state index contributed by atoms with van der Waals surface area (Å²) >= 11 is 0. The van der Waals surface area contributed by atoms with E-state index in [0.29, 0.717) is 51.5 Å². The molecule has 3 amide bonds. The number of hydrogen-bond donors (Lipinski definition) is 1. The zero-order valence-electron chi connectivity index (χ0n) is 13.9. The Hall–Kier alpha value is -1.59. The summed E-state index contributed by atoms with van der Waals surface area (Å²) in [6, 6.07) is 0. The molecule has 1 saturated heterocycles. The Balaban J connectivity index is 1.86. The van der Waals surface area contributed by atoms with Crippen LogP contribution in [0.1, 0.15) is 40.0 Å².